The highest BCUT2D eigenvalue weighted by Crippen LogP contribution is 2.39. The summed E-state index contributed by atoms with van der Waals surface area (Å²) >= 11 is 0. The minimum absolute atomic E-state index is 0.0454. The van der Waals surface area contributed by atoms with Gasteiger partial charge in [0, 0.05) is 10.8 Å². The summed E-state index contributed by atoms with van der Waals surface area (Å²) in [5.74, 6) is 0. The summed E-state index contributed by atoms with van der Waals surface area (Å²) in [5, 5.41) is 10.1. The standard InChI is InChI=1S/C32H34O/c1-19-25-13-21(31(3,4)5)15-27(19)29-17-33-18-30(29)28-16-22(32(6,7)8)14-26(20(28)2)24-12-10-9-11-23(24)25/h9-18H,1-8H3. The van der Waals surface area contributed by atoms with E-state index in [0.29, 0.717) is 0 Å². The molecule has 5 aromatic rings. The van der Waals surface area contributed by atoms with Gasteiger partial charge in [-0.2, -0.15) is 0 Å². The van der Waals surface area contributed by atoms with Gasteiger partial charge in [0.05, 0.1) is 12.5 Å². The first kappa shape index (κ1) is 21.8. The van der Waals surface area contributed by atoms with E-state index in [9.17, 15) is 0 Å². The molecular weight excluding hydrogens is 400 g/mol. The first-order valence-electron chi connectivity index (χ1n) is 11.9. The Labute approximate surface area is 197 Å². The van der Waals surface area contributed by atoms with Gasteiger partial charge in [0.2, 0.25) is 0 Å². The van der Waals surface area contributed by atoms with Gasteiger partial charge in [-0.1, -0.05) is 90.1 Å². The van der Waals surface area contributed by atoms with Crippen molar-refractivity contribution in [1.29, 1.82) is 0 Å². The first-order valence-corrected chi connectivity index (χ1v) is 11.9. The van der Waals surface area contributed by atoms with Crippen LogP contribution in [0.1, 0.15) is 63.8 Å². The molecule has 0 atom stereocenters. The van der Waals surface area contributed by atoms with E-state index in [1.54, 1.807) is 0 Å². The molecule has 0 unspecified atom stereocenters. The van der Waals surface area contributed by atoms with Gasteiger partial charge in [0.25, 0.3) is 0 Å². The quantitative estimate of drug-likeness (QED) is 0.236. The van der Waals surface area contributed by atoms with Crippen LogP contribution in [-0.4, -0.2) is 0 Å². The summed E-state index contributed by atoms with van der Waals surface area (Å²) in [6, 6.07) is 18.5. The molecule has 0 saturated heterocycles. The van der Waals surface area contributed by atoms with E-state index < -0.39 is 0 Å². The molecule has 0 fully saturated rings. The molecule has 1 heteroatoms. The van der Waals surface area contributed by atoms with Crippen LogP contribution in [0.4, 0.5) is 0 Å². The Morgan fingerprint density at radius 2 is 0.818 bits per heavy atom. The Bertz CT molecular complexity index is 1460. The molecule has 5 rings (SSSR count). The molecule has 168 valence electrons. The van der Waals surface area contributed by atoms with Gasteiger partial charge in [0.1, 0.15) is 0 Å². The Kier molecular flexibility index (Phi) is 4.76. The van der Waals surface area contributed by atoms with Crippen LogP contribution in [0.2, 0.25) is 0 Å². The number of hydrogen-bond donors (Lipinski definition) is 0. The fraction of sp³-hybridized carbons (Fsp3) is 0.312. The largest absolute Gasteiger partial charge is 0.471 e. The lowest BCUT2D eigenvalue weighted by Gasteiger charge is -2.22. The molecule has 0 amide bonds. The van der Waals surface area contributed by atoms with E-state index in [2.05, 4.69) is 104 Å². The molecule has 1 nitrogen and oxygen atoms in total. The number of hydrogen-bond acceptors (Lipinski definition) is 1. The van der Waals surface area contributed by atoms with Crippen molar-refractivity contribution < 1.29 is 4.42 Å². The van der Waals surface area contributed by atoms with Crippen LogP contribution in [0.25, 0.3) is 43.1 Å². The van der Waals surface area contributed by atoms with Crippen molar-refractivity contribution in [1.82, 2.24) is 0 Å². The Morgan fingerprint density at radius 3 is 1.15 bits per heavy atom. The highest BCUT2D eigenvalue weighted by Gasteiger charge is 2.20. The van der Waals surface area contributed by atoms with Crippen LogP contribution in [0, 0.1) is 13.8 Å². The van der Waals surface area contributed by atoms with Gasteiger partial charge in [-0.05, 0) is 79.2 Å². The Morgan fingerprint density at radius 1 is 0.485 bits per heavy atom. The molecule has 0 saturated carbocycles. The summed E-state index contributed by atoms with van der Waals surface area (Å²) in [6.07, 6.45) is 3.87. The van der Waals surface area contributed by atoms with E-state index >= 15 is 0 Å². The van der Waals surface area contributed by atoms with E-state index in [4.69, 9.17) is 4.42 Å². The number of rotatable bonds is 0. The van der Waals surface area contributed by atoms with Crippen molar-refractivity contribution in [3.05, 3.63) is 83.3 Å². The van der Waals surface area contributed by atoms with E-state index in [-0.39, 0.29) is 10.8 Å². The van der Waals surface area contributed by atoms with Gasteiger partial charge in [-0.25, -0.2) is 0 Å². The third-order valence-electron chi connectivity index (χ3n) is 7.30. The summed E-state index contributed by atoms with van der Waals surface area (Å²) in [6.45, 7) is 18.3. The fourth-order valence-corrected chi connectivity index (χ4v) is 5.08. The summed E-state index contributed by atoms with van der Waals surface area (Å²) in [7, 11) is 0. The summed E-state index contributed by atoms with van der Waals surface area (Å²) in [4.78, 5) is 0. The minimum Gasteiger partial charge on any atom is -0.471 e. The molecule has 0 aliphatic rings. The molecule has 4 aromatic carbocycles. The van der Waals surface area contributed by atoms with Crippen LogP contribution >= 0.6 is 0 Å². The summed E-state index contributed by atoms with van der Waals surface area (Å²) in [5.41, 5.74) is 5.38. The van der Waals surface area contributed by atoms with Crippen molar-refractivity contribution in [2.45, 2.75) is 66.2 Å². The maximum absolute atomic E-state index is 5.89. The monoisotopic (exact) mass is 434 g/mol. The van der Waals surface area contributed by atoms with Crippen molar-refractivity contribution >= 4 is 43.1 Å². The second kappa shape index (κ2) is 7.22. The van der Waals surface area contributed by atoms with Crippen molar-refractivity contribution in [2.75, 3.05) is 0 Å². The normalized spacial score (nSPS) is 12.8. The van der Waals surface area contributed by atoms with Gasteiger partial charge in [0.15, 0.2) is 0 Å². The van der Waals surface area contributed by atoms with E-state index in [0.717, 1.165) is 0 Å². The Balaban J connectivity index is 2.23. The van der Waals surface area contributed by atoms with Crippen LogP contribution in [0.15, 0.2) is 65.5 Å². The number of benzene rings is 3. The molecule has 0 aliphatic carbocycles. The molecule has 0 N–H and O–H groups in total. The molecule has 1 heterocycles. The second-order valence-electron chi connectivity index (χ2n) is 11.6. The van der Waals surface area contributed by atoms with Gasteiger partial charge in [-0.15, -0.1) is 0 Å². The number of furan rings is 1. The highest BCUT2D eigenvalue weighted by atomic mass is 16.3. The topological polar surface area (TPSA) is 13.1 Å². The lowest BCUT2D eigenvalue weighted by Crippen LogP contribution is -2.11. The second-order valence-corrected chi connectivity index (χ2v) is 11.6. The SMILES string of the molecule is Cc1c2cc(C(C)(C)C)cc1c1cocc1c1cc(C(C)(C)C)cc(c1C)c1ccccc21. The first-order chi connectivity index (χ1) is 15.5. The molecule has 0 radical (unpaired) electrons. The van der Waals surface area contributed by atoms with Crippen LogP contribution < -0.4 is 0 Å². The third kappa shape index (κ3) is 3.46. The zero-order chi connectivity index (χ0) is 23.7. The fourth-order valence-electron chi connectivity index (χ4n) is 5.08. The smallest absolute Gasteiger partial charge is 0.0987 e. The van der Waals surface area contributed by atoms with Crippen molar-refractivity contribution in [2.24, 2.45) is 0 Å². The van der Waals surface area contributed by atoms with Crippen molar-refractivity contribution in [3.8, 4) is 0 Å². The molecule has 1 aromatic heterocycles. The van der Waals surface area contributed by atoms with Crippen molar-refractivity contribution in [3.63, 3.8) is 0 Å². The predicted molar refractivity (Wildman–Crippen MR) is 144 cm³/mol. The van der Waals surface area contributed by atoms with E-state index in [1.165, 1.54) is 65.3 Å². The lowest BCUT2D eigenvalue weighted by molar-refractivity contribution is 0.572. The average Bonchev–Trinajstić information content (AvgIpc) is 3.21. The van der Waals surface area contributed by atoms with Crippen LogP contribution in [0.5, 0.6) is 0 Å². The molecule has 0 spiro atoms. The summed E-state index contributed by atoms with van der Waals surface area (Å²) < 4.78 is 5.89. The van der Waals surface area contributed by atoms with Gasteiger partial charge >= 0.3 is 0 Å². The zero-order valence-electron chi connectivity index (χ0n) is 21.2. The minimum atomic E-state index is 0.0454. The number of aryl methyl sites for hydroxylation is 2. The van der Waals surface area contributed by atoms with Crippen LogP contribution in [0.3, 0.4) is 0 Å². The van der Waals surface area contributed by atoms with E-state index in [1.807, 2.05) is 12.5 Å². The number of fused-ring (bicyclic) bond motifs is 10. The Hall–Kier alpha value is -3.06. The predicted octanol–water partition coefficient (Wildman–Crippen LogP) is 9.67. The maximum atomic E-state index is 5.89. The van der Waals surface area contributed by atoms with Gasteiger partial charge < -0.3 is 4.42 Å². The average molecular weight is 435 g/mol. The maximum Gasteiger partial charge on any atom is 0.0987 e. The molecule has 0 aliphatic heterocycles. The third-order valence-corrected chi connectivity index (χ3v) is 7.30. The molecular formula is C32H34O. The van der Waals surface area contributed by atoms with Gasteiger partial charge in [-0.3, -0.25) is 0 Å². The highest BCUT2D eigenvalue weighted by molar-refractivity contribution is 6.16. The lowest BCUT2D eigenvalue weighted by atomic mass is 9.82. The zero-order valence-corrected chi connectivity index (χ0v) is 21.2. The molecule has 33 heavy (non-hydrogen) atoms. The molecule has 4 bridgehead atoms. The van der Waals surface area contributed by atoms with Crippen LogP contribution in [-0.2, 0) is 10.8 Å².